The molecular formula is C20H26ClN3O3. The Morgan fingerprint density at radius 2 is 1.96 bits per heavy atom. The van der Waals surface area contributed by atoms with Crippen molar-refractivity contribution in [3.8, 4) is 11.5 Å². The lowest BCUT2D eigenvalue weighted by Gasteiger charge is -2.26. The van der Waals surface area contributed by atoms with Crippen LogP contribution in [0.5, 0.6) is 11.5 Å². The van der Waals surface area contributed by atoms with Gasteiger partial charge in [-0.15, -0.1) is 0 Å². The Hall–Kier alpha value is -1.86. The molecule has 0 radical (unpaired) electrons. The second kappa shape index (κ2) is 10.5. The van der Waals surface area contributed by atoms with Gasteiger partial charge in [0.2, 0.25) is 0 Å². The van der Waals surface area contributed by atoms with Crippen molar-refractivity contribution in [2.24, 2.45) is 0 Å². The highest BCUT2D eigenvalue weighted by atomic mass is 35.5. The molecule has 7 heteroatoms. The SMILES string of the molecule is COc1cc(CNCCN2CCOCC2)ccc1OCc1ccc(Cl)nc1. The maximum Gasteiger partial charge on any atom is 0.161 e. The molecule has 0 saturated carbocycles. The number of hydrogen-bond donors (Lipinski definition) is 1. The van der Waals surface area contributed by atoms with Crippen molar-refractivity contribution in [2.45, 2.75) is 13.2 Å². The van der Waals surface area contributed by atoms with E-state index in [-0.39, 0.29) is 0 Å². The number of aromatic nitrogens is 1. The van der Waals surface area contributed by atoms with Gasteiger partial charge < -0.3 is 19.5 Å². The fourth-order valence-electron chi connectivity index (χ4n) is 2.89. The molecule has 0 aliphatic carbocycles. The number of pyridine rings is 1. The number of halogens is 1. The summed E-state index contributed by atoms with van der Waals surface area (Å²) in [6, 6.07) is 9.66. The number of hydrogen-bond acceptors (Lipinski definition) is 6. The normalized spacial score (nSPS) is 14.9. The zero-order valence-corrected chi connectivity index (χ0v) is 16.4. The summed E-state index contributed by atoms with van der Waals surface area (Å²) in [6.45, 7) is 6.91. The van der Waals surface area contributed by atoms with Gasteiger partial charge in [0.1, 0.15) is 11.8 Å². The van der Waals surface area contributed by atoms with Crippen LogP contribution in [0.2, 0.25) is 5.15 Å². The second-order valence-corrected chi connectivity index (χ2v) is 6.78. The van der Waals surface area contributed by atoms with Crippen LogP contribution in [0.15, 0.2) is 36.5 Å². The molecule has 0 spiro atoms. The van der Waals surface area contributed by atoms with E-state index in [2.05, 4.69) is 21.3 Å². The Balaban J connectivity index is 1.47. The predicted molar refractivity (Wildman–Crippen MR) is 106 cm³/mol. The Morgan fingerprint density at radius 1 is 1.15 bits per heavy atom. The number of benzene rings is 1. The summed E-state index contributed by atoms with van der Waals surface area (Å²) in [5.74, 6) is 1.44. The Kier molecular flexibility index (Phi) is 7.71. The zero-order valence-electron chi connectivity index (χ0n) is 15.6. The molecule has 0 amide bonds. The van der Waals surface area contributed by atoms with Crippen molar-refractivity contribution in [2.75, 3.05) is 46.5 Å². The van der Waals surface area contributed by atoms with Gasteiger partial charge in [-0.25, -0.2) is 4.98 Å². The first-order valence-electron chi connectivity index (χ1n) is 9.15. The van der Waals surface area contributed by atoms with Crippen LogP contribution in [0.25, 0.3) is 0 Å². The lowest BCUT2D eigenvalue weighted by atomic mass is 10.2. The first-order chi connectivity index (χ1) is 13.2. The number of morpholine rings is 1. The smallest absolute Gasteiger partial charge is 0.161 e. The Bertz CT molecular complexity index is 706. The quantitative estimate of drug-likeness (QED) is 0.524. The largest absolute Gasteiger partial charge is 0.493 e. The molecule has 0 atom stereocenters. The standard InChI is InChI=1S/C20H26ClN3O3/c1-25-19-12-16(13-22-6-7-24-8-10-26-11-9-24)2-4-18(19)27-15-17-3-5-20(21)23-14-17/h2-5,12,14,22H,6-11,13,15H2,1H3. The summed E-state index contributed by atoms with van der Waals surface area (Å²) in [5, 5.41) is 3.96. The van der Waals surface area contributed by atoms with E-state index in [4.69, 9.17) is 25.8 Å². The number of ether oxygens (including phenoxy) is 3. The molecule has 3 rings (SSSR count). The van der Waals surface area contributed by atoms with Gasteiger partial charge in [0.15, 0.2) is 11.5 Å². The van der Waals surface area contributed by atoms with Crippen LogP contribution in [-0.2, 0) is 17.9 Å². The van der Waals surface area contributed by atoms with E-state index in [0.717, 1.165) is 62.8 Å². The maximum atomic E-state index is 5.87. The van der Waals surface area contributed by atoms with Crippen molar-refractivity contribution in [1.29, 1.82) is 0 Å². The van der Waals surface area contributed by atoms with Gasteiger partial charge in [-0.1, -0.05) is 23.7 Å². The minimum absolute atomic E-state index is 0.414. The van der Waals surface area contributed by atoms with E-state index in [9.17, 15) is 0 Å². The fourth-order valence-corrected chi connectivity index (χ4v) is 3.00. The van der Waals surface area contributed by atoms with Gasteiger partial charge in [-0.3, -0.25) is 4.90 Å². The molecule has 2 aromatic rings. The summed E-state index contributed by atoms with van der Waals surface area (Å²) in [6.07, 6.45) is 1.71. The summed E-state index contributed by atoms with van der Waals surface area (Å²) in [7, 11) is 1.65. The number of nitrogens with zero attached hydrogens (tertiary/aromatic N) is 2. The fraction of sp³-hybridized carbons (Fsp3) is 0.450. The Labute approximate surface area is 165 Å². The van der Waals surface area contributed by atoms with Gasteiger partial charge in [0.05, 0.1) is 20.3 Å². The second-order valence-electron chi connectivity index (χ2n) is 6.39. The van der Waals surface area contributed by atoms with Gasteiger partial charge >= 0.3 is 0 Å². The van der Waals surface area contributed by atoms with Crippen LogP contribution in [0, 0.1) is 0 Å². The lowest BCUT2D eigenvalue weighted by molar-refractivity contribution is 0.0384. The molecule has 1 N–H and O–H groups in total. The topological polar surface area (TPSA) is 55.9 Å². The zero-order chi connectivity index (χ0) is 18.9. The van der Waals surface area contributed by atoms with Gasteiger partial charge in [0.25, 0.3) is 0 Å². The number of rotatable bonds is 9. The van der Waals surface area contributed by atoms with Gasteiger partial charge in [0, 0.05) is 44.5 Å². The minimum Gasteiger partial charge on any atom is -0.493 e. The van der Waals surface area contributed by atoms with Crippen molar-refractivity contribution in [3.05, 3.63) is 52.8 Å². The minimum atomic E-state index is 0.414. The number of nitrogens with one attached hydrogen (secondary N) is 1. The van der Waals surface area contributed by atoms with Crippen LogP contribution in [-0.4, -0.2) is 56.4 Å². The summed E-state index contributed by atoms with van der Waals surface area (Å²) < 4.78 is 16.7. The maximum absolute atomic E-state index is 5.87. The molecule has 0 unspecified atom stereocenters. The third-order valence-corrected chi connectivity index (χ3v) is 4.67. The van der Waals surface area contributed by atoms with Gasteiger partial charge in [-0.05, 0) is 23.8 Å². The van der Waals surface area contributed by atoms with E-state index in [1.807, 2.05) is 18.2 Å². The molecule has 146 valence electrons. The molecule has 2 heterocycles. The first-order valence-corrected chi connectivity index (χ1v) is 9.53. The molecule has 27 heavy (non-hydrogen) atoms. The summed E-state index contributed by atoms with van der Waals surface area (Å²) >= 11 is 5.80. The van der Waals surface area contributed by atoms with Crippen LogP contribution in [0.1, 0.15) is 11.1 Å². The van der Waals surface area contributed by atoms with E-state index >= 15 is 0 Å². The molecule has 1 saturated heterocycles. The molecule has 1 aromatic heterocycles. The highest BCUT2D eigenvalue weighted by Crippen LogP contribution is 2.28. The molecule has 0 bridgehead atoms. The number of methoxy groups -OCH3 is 1. The molecule has 1 aliphatic heterocycles. The molecule has 1 aliphatic rings. The Morgan fingerprint density at radius 3 is 2.70 bits per heavy atom. The monoisotopic (exact) mass is 391 g/mol. The highest BCUT2D eigenvalue weighted by Gasteiger charge is 2.10. The summed E-state index contributed by atoms with van der Waals surface area (Å²) in [5.41, 5.74) is 2.12. The third-order valence-electron chi connectivity index (χ3n) is 4.45. The predicted octanol–water partition coefficient (Wildman–Crippen LogP) is 2.74. The van der Waals surface area contributed by atoms with E-state index in [1.54, 1.807) is 19.4 Å². The average Bonchev–Trinajstić information content (AvgIpc) is 2.72. The third kappa shape index (κ3) is 6.36. The molecule has 1 aromatic carbocycles. The van der Waals surface area contributed by atoms with E-state index in [0.29, 0.717) is 17.5 Å². The van der Waals surface area contributed by atoms with Gasteiger partial charge in [-0.2, -0.15) is 0 Å². The van der Waals surface area contributed by atoms with Crippen molar-refractivity contribution in [3.63, 3.8) is 0 Å². The van der Waals surface area contributed by atoms with Crippen molar-refractivity contribution >= 4 is 11.6 Å². The van der Waals surface area contributed by atoms with Crippen LogP contribution >= 0.6 is 11.6 Å². The van der Waals surface area contributed by atoms with Crippen molar-refractivity contribution < 1.29 is 14.2 Å². The lowest BCUT2D eigenvalue weighted by Crippen LogP contribution is -2.40. The molecule has 1 fully saturated rings. The average molecular weight is 392 g/mol. The molecule has 6 nitrogen and oxygen atoms in total. The van der Waals surface area contributed by atoms with Crippen LogP contribution in [0.3, 0.4) is 0 Å². The van der Waals surface area contributed by atoms with E-state index < -0.39 is 0 Å². The van der Waals surface area contributed by atoms with Crippen LogP contribution in [0.4, 0.5) is 0 Å². The highest BCUT2D eigenvalue weighted by molar-refractivity contribution is 6.29. The summed E-state index contributed by atoms with van der Waals surface area (Å²) in [4.78, 5) is 6.48. The molecular weight excluding hydrogens is 366 g/mol. The van der Waals surface area contributed by atoms with E-state index in [1.165, 1.54) is 0 Å². The van der Waals surface area contributed by atoms with Crippen LogP contribution < -0.4 is 14.8 Å². The van der Waals surface area contributed by atoms with Crippen molar-refractivity contribution in [1.82, 2.24) is 15.2 Å². The first kappa shape index (κ1) is 19.9.